The van der Waals surface area contributed by atoms with Crippen LogP contribution in [0.5, 0.6) is 0 Å². The van der Waals surface area contributed by atoms with Crippen molar-refractivity contribution in [2.24, 2.45) is 0 Å². The van der Waals surface area contributed by atoms with Crippen LogP contribution in [0.15, 0.2) is 18.2 Å². The van der Waals surface area contributed by atoms with Crippen molar-refractivity contribution in [3.05, 3.63) is 28.8 Å². The molecule has 1 aliphatic rings. The summed E-state index contributed by atoms with van der Waals surface area (Å²) in [6.45, 7) is 4.15. The van der Waals surface area contributed by atoms with Gasteiger partial charge in [0.15, 0.2) is 0 Å². The van der Waals surface area contributed by atoms with Crippen molar-refractivity contribution in [2.75, 3.05) is 4.90 Å². The van der Waals surface area contributed by atoms with Gasteiger partial charge < -0.3 is 10.0 Å². The Hall–Kier alpha value is -1.22. The molecule has 0 saturated carbocycles. The number of rotatable bonds is 3. The highest BCUT2D eigenvalue weighted by molar-refractivity contribution is 6.31. The Morgan fingerprint density at radius 1 is 1.59 bits per heavy atom. The van der Waals surface area contributed by atoms with E-state index in [0.717, 1.165) is 22.7 Å². The third-order valence-corrected chi connectivity index (χ3v) is 3.53. The number of anilines is 1. The third kappa shape index (κ3) is 2.25. The number of halogens is 1. The fraction of sp³-hybridized carbons (Fsp3) is 0.462. The molecule has 1 heterocycles. The van der Waals surface area contributed by atoms with Crippen molar-refractivity contribution in [1.29, 1.82) is 0 Å². The average Bonchev–Trinajstić information content (AvgIpc) is 2.56. The van der Waals surface area contributed by atoms with Crippen LogP contribution in [0.2, 0.25) is 5.02 Å². The number of carbonyl (C=O) groups is 1. The van der Waals surface area contributed by atoms with Gasteiger partial charge in [0.1, 0.15) is 0 Å². The van der Waals surface area contributed by atoms with Crippen LogP contribution < -0.4 is 4.90 Å². The summed E-state index contributed by atoms with van der Waals surface area (Å²) in [6, 6.07) is 6.09. The normalized spacial score (nSPS) is 18.6. The second kappa shape index (κ2) is 4.57. The number of carboxylic acids is 1. The topological polar surface area (TPSA) is 40.5 Å². The van der Waals surface area contributed by atoms with E-state index >= 15 is 0 Å². The first-order chi connectivity index (χ1) is 8.00. The molecule has 92 valence electrons. The first kappa shape index (κ1) is 12.2. The minimum absolute atomic E-state index is 0.0161. The number of nitrogens with zero attached hydrogens (tertiary/aromatic N) is 1. The number of carboxylic acid groups (broad SMARTS) is 1. The summed E-state index contributed by atoms with van der Waals surface area (Å²) < 4.78 is 0. The molecule has 0 fully saturated rings. The zero-order chi connectivity index (χ0) is 12.6. The molecule has 2 rings (SSSR count). The molecule has 17 heavy (non-hydrogen) atoms. The Bertz CT molecular complexity index is 445. The fourth-order valence-electron chi connectivity index (χ4n) is 2.59. The largest absolute Gasteiger partial charge is 0.481 e. The van der Waals surface area contributed by atoms with Crippen molar-refractivity contribution in [3.8, 4) is 0 Å². The van der Waals surface area contributed by atoms with E-state index in [-0.39, 0.29) is 18.5 Å². The van der Waals surface area contributed by atoms with E-state index in [1.54, 1.807) is 0 Å². The van der Waals surface area contributed by atoms with E-state index in [1.165, 1.54) is 0 Å². The molecule has 1 N–H and O–H groups in total. The molecule has 3 nitrogen and oxygen atoms in total. The van der Waals surface area contributed by atoms with E-state index in [2.05, 4.69) is 18.7 Å². The van der Waals surface area contributed by atoms with Gasteiger partial charge in [-0.15, -0.1) is 0 Å². The third-order valence-electron chi connectivity index (χ3n) is 3.17. The van der Waals surface area contributed by atoms with Crippen molar-refractivity contribution in [3.63, 3.8) is 0 Å². The minimum Gasteiger partial charge on any atom is -0.481 e. The number of aliphatic carboxylic acids is 1. The molecular weight excluding hydrogens is 238 g/mol. The zero-order valence-electron chi connectivity index (χ0n) is 9.98. The van der Waals surface area contributed by atoms with E-state index in [4.69, 9.17) is 16.7 Å². The van der Waals surface area contributed by atoms with Gasteiger partial charge in [-0.1, -0.05) is 17.7 Å². The molecule has 1 aromatic carbocycles. The molecule has 1 atom stereocenters. The van der Waals surface area contributed by atoms with Crippen molar-refractivity contribution >= 4 is 23.3 Å². The summed E-state index contributed by atoms with van der Waals surface area (Å²) in [4.78, 5) is 13.1. The van der Waals surface area contributed by atoms with Gasteiger partial charge in [-0.05, 0) is 38.0 Å². The number of hydrogen-bond acceptors (Lipinski definition) is 2. The van der Waals surface area contributed by atoms with Crippen LogP contribution in [-0.2, 0) is 11.2 Å². The molecule has 0 amide bonds. The summed E-state index contributed by atoms with van der Waals surface area (Å²) in [5, 5.41) is 9.70. The number of benzene rings is 1. The predicted molar refractivity (Wildman–Crippen MR) is 68.8 cm³/mol. The van der Waals surface area contributed by atoms with Crippen LogP contribution >= 0.6 is 11.6 Å². The lowest BCUT2D eigenvalue weighted by atomic mass is 10.1. The number of fused-ring (bicyclic) bond motifs is 1. The van der Waals surface area contributed by atoms with Gasteiger partial charge in [-0.3, -0.25) is 4.79 Å². The Kier molecular flexibility index (Phi) is 3.29. The molecule has 0 bridgehead atoms. The fourth-order valence-corrected chi connectivity index (χ4v) is 2.84. The summed E-state index contributed by atoms with van der Waals surface area (Å²) in [5.74, 6) is -0.760. The van der Waals surface area contributed by atoms with Crippen LogP contribution in [0.3, 0.4) is 0 Å². The first-order valence-corrected chi connectivity index (χ1v) is 6.16. The number of hydrogen-bond donors (Lipinski definition) is 1. The smallest absolute Gasteiger partial charge is 0.305 e. The Morgan fingerprint density at radius 2 is 2.29 bits per heavy atom. The standard InChI is InChI=1S/C13H16ClNO2/c1-8(2)15-9(7-13(16)17)6-10-11(14)4-3-5-12(10)15/h3-5,8-9H,6-7H2,1-2H3,(H,16,17). The summed E-state index contributed by atoms with van der Waals surface area (Å²) in [6.07, 6.45) is 0.878. The van der Waals surface area contributed by atoms with E-state index in [1.807, 2.05) is 18.2 Å². The monoisotopic (exact) mass is 253 g/mol. The molecular formula is C13H16ClNO2. The molecule has 1 aromatic rings. The van der Waals surface area contributed by atoms with Crippen LogP contribution in [0.4, 0.5) is 5.69 Å². The Morgan fingerprint density at radius 3 is 2.88 bits per heavy atom. The molecule has 0 aromatic heterocycles. The summed E-state index contributed by atoms with van der Waals surface area (Å²) in [7, 11) is 0. The van der Waals surface area contributed by atoms with Gasteiger partial charge in [0.25, 0.3) is 0 Å². The molecule has 4 heteroatoms. The highest BCUT2D eigenvalue weighted by atomic mass is 35.5. The van der Waals surface area contributed by atoms with Crippen molar-refractivity contribution < 1.29 is 9.90 Å². The second-order valence-electron chi connectivity index (χ2n) is 4.69. The average molecular weight is 254 g/mol. The molecule has 1 aliphatic heterocycles. The summed E-state index contributed by atoms with van der Waals surface area (Å²) in [5.41, 5.74) is 2.16. The van der Waals surface area contributed by atoms with E-state index < -0.39 is 5.97 Å². The SMILES string of the molecule is CC(C)N1c2cccc(Cl)c2CC1CC(=O)O. The van der Waals surface area contributed by atoms with E-state index in [9.17, 15) is 4.79 Å². The molecule has 0 spiro atoms. The molecule has 0 aliphatic carbocycles. The van der Waals surface area contributed by atoms with Crippen LogP contribution in [0.25, 0.3) is 0 Å². The van der Waals surface area contributed by atoms with Gasteiger partial charge in [0.05, 0.1) is 6.42 Å². The highest BCUT2D eigenvalue weighted by Gasteiger charge is 2.33. The minimum atomic E-state index is -0.760. The molecule has 0 saturated heterocycles. The van der Waals surface area contributed by atoms with E-state index in [0.29, 0.717) is 0 Å². The van der Waals surface area contributed by atoms with Crippen LogP contribution in [-0.4, -0.2) is 23.2 Å². The van der Waals surface area contributed by atoms with Crippen molar-refractivity contribution in [2.45, 2.75) is 38.8 Å². The second-order valence-corrected chi connectivity index (χ2v) is 5.10. The quantitative estimate of drug-likeness (QED) is 0.900. The Balaban J connectivity index is 2.37. The lowest BCUT2D eigenvalue weighted by Gasteiger charge is -2.30. The maximum atomic E-state index is 10.9. The lowest BCUT2D eigenvalue weighted by Crippen LogP contribution is -2.39. The molecule has 1 unspecified atom stereocenters. The van der Waals surface area contributed by atoms with Gasteiger partial charge >= 0.3 is 5.97 Å². The lowest BCUT2D eigenvalue weighted by molar-refractivity contribution is -0.137. The van der Waals surface area contributed by atoms with Gasteiger partial charge in [0.2, 0.25) is 0 Å². The van der Waals surface area contributed by atoms with Gasteiger partial charge in [-0.2, -0.15) is 0 Å². The summed E-state index contributed by atoms with van der Waals surface area (Å²) >= 11 is 6.17. The molecule has 0 radical (unpaired) electrons. The highest BCUT2D eigenvalue weighted by Crippen LogP contribution is 2.38. The predicted octanol–water partition coefficient (Wildman–Crippen LogP) is 2.95. The maximum absolute atomic E-state index is 10.9. The van der Waals surface area contributed by atoms with Crippen LogP contribution in [0, 0.1) is 0 Å². The van der Waals surface area contributed by atoms with Gasteiger partial charge in [-0.25, -0.2) is 0 Å². The zero-order valence-corrected chi connectivity index (χ0v) is 10.7. The van der Waals surface area contributed by atoms with Crippen LogP contribution in [0.1, 0.15) is 25.8 Å². The first-order valence-electron chi connectivity index (χ1n) is 5.78. The maximum Gasteiger partial charge on any atom is 0.305 e. The Labute approximate surface area is 106 Å². The van der Waals surface area contributed by atoms with Gasteiger partial charge in [0, 0.05) is 22.8 Å². The van der Waals surface area contributed by atoms with Crippen molar-refractivity contribution in [1.82, 2.24) is 0 Å².